The van der Waals surface area contributed by atoms with Gasteiger partial charge in [-0.1, -0.05) is 30.3 Å². The molecule has 0 saturated heterocycles. The van der Waals surface area contributed by atoms with Gasteiger partial charge in [-0.25, -0.2) is 9.59 Å². The van der Waals surface area contributed by atoms with Crippen LogP contribution in [0.2, 0.25) is 0 Å². The molecule has 1 saturated carbocycles. The van der Waals surface area contributed by atoms with Crippen molar-refractivity contribution in [3.05, 3.63) is 58.7 Å². The number of urea groups is 1. The zero-order valence-electron chi connectivity index (χ0n) is 24.1. The van der Waals surface area contributed by atoms with Crippen LogP contribution < -0.4 is 14.8 Å². The summed E-state index contributed by atoms with van der Waals surface area (Å²) in [6, 6.07) is 10.3. The van der Waals surface area contributed by atoms with Gasteiger partial charge >= 0.3 is 12.0 Å². The van der Waals surface area contributed by atoms with E-state index in [2.05, 4.69) is 5.32 Å². The summed E-state index contributed by atoms with van der Waals surface area (Å²) < 4.78 is 22.5. The second-order valence-electron chi connectivity index (χ2n) is 9.97. The normalized spacial score (nSPS) is 18.8. The summed E-state index contributed by atoms with van der Waals surface area (Å²) in [5.41, 5.74) is 1.28. The molecule has 2 N–H and O–H groups in total. The molecule has 40 heavy (non-hydrogen) atoms. The summed E-state index contributed by atoms with van der Waals surface area (Å²) in [5.74, 6) is -0.611. The van der Waals surface area contributed by atoms with Crippen molar-refractivity contribution in [2.45, 2.75) is 64.8 Å². The number of carbonyl (C=O) groups is 3. The number of aliphatic carboxylic acids is 1. The number of rotatable bonds is 14. The van der Waals surface area contributed by atoms with E-state index in [0.29, 0.717) is 41.4 Å². The van der Waals surface area contributed by atoms with Crippen LogP contribution in [0.25, 0.3) is 0 Å². The molecule has 0 radical (unpaired) electrons. The smallest absolute Gasteiger partial charge is 0.329 e. The number of benzene rings is 2. The van der Waals surface area contributed by atoms with E-state index in [-0.39, 0.29) is 37.9 Å². The highest BCUT2D eigenvalue weighted by atomic mass is 16.5. The Morgan fingerprint density at radius 3 is 2.38 bits per heavy atom. The number of carboxylic acids is 1. The second-order valence-corrected chi connectivity index (χ2v) is 9.97. The van der Waals surface area contributed by atoms with Crippen molar-refractivity contribution in [2.75, 3.05) is 34.0 Å². The largest absolute Gasteiger partial charge is 0.496 e. The first-order valence-corrected chi connectivity index (χ1v) is 13.4. The topological polar surface area (TPSA) is 124 Å². The first kappa shape index (κ1) is 30.9. The highest BCUT2D eigenvalue weighted by Crippen LogP contribution is 2.40. The molecule has 2 aromatic carbocycles. The lowest BCUT2D eigenvalue weighted by Gasteiger charge is -2.45. The number of carbonyl (C=O) groups excluding carboxylic acids is 2. The van der Waals surface area contributed by atoms with Gasteiger partial charge in [0.05, 0.1) is 39.6 Å². The Labute approximate surface area is 235 Å². The van der Waals surface area contributed by atoms with Gasteiger partial charge in [0.1, 0.15) is 22.6 Å². The maximum atomic E-state index is 13.7. The lowest BCUT2D eigenvalue weighted by molar-refractivity contribution is -0.156. The Bertz CT molecular complexity index is 1190. The molecule has 1 unspecified atom stereocenters. The predicted octanol–water partition coefficient (Wildman–Crippen LogP) is 4.53. The van der Waals surface area contributed by atoms with Gasteiger partial charge in [0.15, 0.2) is 5.78 Å². The summed E-state index contributed by atoms with van der Waals surface area (Å²) in [6.45, 7) is 8.17. The van der Waals surface area contributed by atoms with Crippen molar-refractivity contribution in [1.29, 1.82) is 0 Å². The minimum Gasteiger partial charge on any atom is -0.496 e. The van der Waals surface area contributed by atoms with E-state index < -0.39 is 23.6 Å². The van der Waals surface area contributed by atoms with Gasteiger partial charge in [-0.15, -0.1) is 0 Å². The molecule has 0 bridgehead atoms. The molecule has 2 amide bonds. The maximum Gasteiger partial charge on any atom is 0.329 e. The predicted molar refractivity (Wildman–Crippen MR) is 149 cm³/mol. The van der Waals surface area contributed by atoms with Gasteiger partial charge in [-0.2, -0.15) is 0 Å². The highest BCUT2D eigenvalue weighted by Gasteiger charge is 2.53. The molecule has 218 valence electrons. The van der Waals surface area contributed by atoms with E-state index in [1.165, 1.54) is 21.1 Å². The van der Waals surface area contributed by atoms with Gasteiger partial charge in [0.2, 0.25) is 0 Å². The van der Waals surface area contributed by atoms with Crippen LogP contribution in [-0.2, 0) is 20.9 Å². The molecular weight excluding hydrogens is 516 g/mol. The molecule has 3 rings (SSSR count). The third kappa shape index (κ3) is 6.74. The van der Waals surface area contributed by atoms with Crippen LogP contribution in [0.4, 0.5) is 4.79 Å². The molecule has 1 atom stereocenters. The van der Waals surface area contributed by atoms with E-state index >= 15 is 0 Å². The first-order chi connectivity index (χ1) is 19.1. The molecule has 2 aromatic rings. The fourth-order valence-electron chi connectivity index (χ4n) is 5.18. The van der Waals surface area contributed by atoms with Crippen molar-refractivity contribution in [3.63, 3.8) is 0 Å². The highest BCUT2D eigenvalue weighted by molar-refractivity contribution is 6.00. The van der Waals surface area contributed by atoms with Crippen molar-refractivity contribution >= 4 is 17.8 Å². The van der Waals surface area contributed by atoms with Crippen LogP contribution in [0.5, 0.6) is 11.5 Å². The lowest BCUT2D eigenvalue weighted by Crippen LogP contribution is -2.66. The van der Waals surface area contributed by atoms with E-state index in [0.717, 1.165) is 5.56 Å². The van der Waals surface area contributed by atoms with Crippen LogP contribution in [0.15, 0.2) is 36.4 Å². The number of Topliss-reactive ketones (excluding diaryl/α,β-unsaturated/α-hetero) is 1. The number of hydrogen-bond acceptors (Lipinski definition) is 7. The number of carboxylic acid groups (broad SMARTS) is 1. The Balaban J connectivity index is 1.90. The zero-order chi connectivity index (χ0) is 29.4. The maximum absolute atomic E-state index is 13.7. The van der Waals surface area contributed by atoms with Crippen molar-refractivity contribution < 1.29 is 38.4 Å². The molecule has 1 aliphatic rings. The van der Waals surface area contributed by atoms with E-state index in [4.69, 9.17) is 18.9 Å². The number of methoxy groups -OCH3 is 2. The van der Waals surface area contributed by atoms with E-state index in [1.54, 1.807) is 11.0 Å². The van der Waals surface area contributed by atoms with Gasteiger partial charge in [-0.05, 0) is 50.5 Å². The van der Waals surface area contributed by atoms with E-state index in [1.807, 2.05) is 51.1 Å². The Morgan fingerprint density at radius 1 is 1.15 bits per heavy atom. The summed E-state index contributed by atoms with van der Waals surface area (Å²) >= 11 is 0. The van der Waals surface area contributed by atoms with Crippen LogP contribution in [0.1, 0.15) is 66.7 Å². The summed E-state index contributed by atoms with van der Waals surface area (Å²) in [7, 11) is 2.95. The lowest BCUT2D eigenvalue weighted by atomic mass is 9.74. The zero-order valence-corrected chi connectivity index (χ0v) is 24.1. The van der Waals surface area contributed by atoms with Crippen LogP contribution in [-0.4, -0.2) is 73.4 Å². The fourth-order valence-corrected chi connectivity index (χ4v) is 5.18. The molecule has 0 heterocycles. The Kier molecular flexibility index (Phi) is 10.5. The molecule has 1 aliphatic carbocycles. The Morgan fingerprint density at radius 2 is 1.82 bits per heavy atom. The van der Waals surface area contributed by atoms with Gasteiger partial charge in [0.25, 0.3) is 0 Å². The summed E-state index contributed by atoms with van der Waals surface area (Å²) in [4.78, 5) is 39.9. The second kappa shape index (κ2) is 13.6. The van der Waals surface area contributed by atoms with Crippen LogP contribution in [0.3, 0.4) is 0 Å². The van der Waals surface area contributed by atoms with Crippen LogP contribution in [0, 0.1) is 6.92 Å². The van der Waals surface area contributed by atoms with Gasteiger partial charge in [-0.3, -0.25) is 4.79 Å². The standard InChI is InChI=1S/C30H40N2O8/c1-7-40-23-16-30(17-23,28(34)35)31-29(36)32(13-14-39-18-22-11-9-8-10-12-22)20(3)24-15-25(37-5)26(21(4)33)27(38-6)19(24)2/h8-12,15,20,23H,7,13-14,16-18H2,1-6H3,(H,31,36)(H,34,35). The number of hydrogen-bond donors (Lipinski definition) is 2. The minimum absolute atomic E-state index is 0.183. The molecule has 1 fully saturated rings. The molecule has 10 nitrogen and oxygen atoms in total. The quantitative estimate of drug-likeness (QED) is 0.257. The van der Waals surface area contributed by atoms with Gasteiger partial charge in [0, 0.05) is 26.0 Å². The van der Waals surface area contributed by atoms with Crippen molar-refractivity contribution in [2.24, 2.45) is 0 Å². The number of nitrogens with zero attached hydrogens (tertiary/aromatic N) is 1. The number of ketones is 1. The first-order valence-electron chi connectivity index (χ1n) is 13.4. The summed E-state index contributed by atoms with van der Waals surface area (Å²) in [5, 5.41) is 12.7. The third-order valence-electron chi connectivity index (χ3n) is 7.39. The fraction of sp³-hybridized carbons (Fsp3) is 0.500. The number of nitrogens with one attached hydrogen (secondary N) is 1. The average Bonchev–Trinajstić information content (AvgIpc) is 2.91. The molecule has 0 spiro atoms. The molecule has 10 heteroatoms. The van der Waals surface area contributed by atoms with Crippen molar-refractivity contribution in [1.82, 2.24) is 10.2 Å². The molecule has 0 aliphatic heterocycles. The monoisotopic (exact) mass is 556 g/mol. The third-order valence-corrected chi connectivity index (χ3v) is 7.39. The number of ether oxygens (including phenoxy) is 4. The van der Waals surface area contributed by atoms with Crippen molar-refractivity contribution in [3.8, 4) is 11.5 Å². The minimum atomic E-state index is -1.41. The molecule has 0 aromatic heterocycles. The van der Waals surface area contributed by atoms with Crippen LogP contribution >= 0.6 is 0 Å². The van der Waals surface area contributed by atoms with E-state index in [9.17, 15) is 19.5 Å². The Hall–Kier alpha value is -3.63. The SMILES string of the molecule is CCOC1CC(NC(=O)N(CCOCc2ccccc2)C(C)c2cc(OC)c(C(C)=O)c(OC)c2C)(C(=O)O)C1. The average molecular weight is 557 g/mol. The molecular formula is C30H40N2O8. The number of amides is 2. The summed E-state index contributed by atoms with van der Waals surface area (Å²) in [6.07, 6.45) is 0.141. The van der Waals surface area contributed by atoms with Gasteiger partial charge < -0.3 is 34.3 Å².